The Kier molecular flexibility index (Phi) is 3.35. The summed E-state index contributed by atoms with van der Waals surface area (Å²) in [6.07, 6.45) is 0. The number of anilines is 1. The minimum absolute atomic E-state index is 0.310. The predicted molar refractivity (Wildman–Crippen MR) is 65.2 cm³/mol. The van der Waals surface area contributed by atoms with Crippen LogP contribution in [0.3, 0.4) is 0 Å². The Bertz CT molecular complexity index is 559. The number of hydrogen-bond acceptors (Lipinski definition) is 4. The van der Waals surface area contributed by atoms with Gasteiger partial charge in [-0.05, 0) is 19.1 Å². The Morgan fingerprint density at radius 1 is 1.47 bits per heavy atom. The van der Waals surface area contributed by atoms with Crippen molar-refractivity contribution in [3.8, 4) is 6.07 Å². The van der Waals surface area contributed by atoms with E-state index in [2.05, 4.69) is 16.4 Å². The molecule has 0 aliphatic carbocycles. The summed E-state index contributed by atoms with van der Waals surface area (Å²) in [6.45, 7) is 1.87. The molecule has 1 atom stereocenters. The van der Waals surface area contributed by atoms with Gasteiger partial charge in [-0.15, -0.1) is 11.3 Å². The van der Waals surface area contributed by atoms with Crippen molar-refractivity contribution in [1.29, 1.82) is 5.26 Å². The summed E-state index contributed by atoms with van der Waals surface area (Å²) in [5.74, 6) is -0.375. The Hall–Kier alpha value is -1.93. The van der Waals surface area contributed by atoms with Crippen molar-refractivity contribution < 1.29 is 4.39 Å². The zero-order valence-corrected chi connectivity index (χ0v) is 9.96. The number of nitriles is 1. The SMILES string of the molecule is Cc1nc(C(C#N)Nc2ccccc2F)cs1. The average Bonchev–Trinajstić information content (AvgIpc) is 2.75. The molecule has 86 valence electrons. The molecule has 1 aromatic heterocycles. The van der Waals surface area contributed by atoms with Gasteiger partial charge >= 0.3 is 0 Å². The molecule has 1 heterocycles. The van der Waals surface area contributed by atoms with E-state index in [0.717, 1.165) is 5.01 Å². The smallest absolute Gasteiger partial charge is 0.158 e. The molecule has 17 heavy (non-hydrogen) atoms. The van der Waals surface area contributed by atoms with Crippen LogP contribution in [0.25, 0.3) is 0 Å². The molecule has 5 heteroatoms. The fourth-order valence-electron chi connectivity index (χ4n) is 1.42. The van der Waals surface area contributed by atoms with Gasteiger partial charge in [-0.25, -0.2) is 9.37 Å². The summed E-state index contributed by atoms with van der Waals surface area (Å²) in [5.41, 5.74) is 0.933. The highest BCUT2D eigenvalue weighted by atomic mass is 32.1. The van der Waals surface area contributed by atoms with E-state index >= 15 is 0 Å². The van der Waals surface area contributed by atoms with Gasteiger partial charge in [0.2, 0.25) is 0 Å². The van der Waals surface area contributed by atoms with Gasteiger partial charge in [0.15, 0.2) is 6.04 Å². The first-order valence-corrected chi connectivity index (χ1v) is 5.91. The van der Waals surface area contributed by atoms with Gasteiger partial charge in [0.1, 0.15) is 5.82 Å². The highest BCUT2D eigenvalue weighted by molar-refractivity contribution is 7.09. The molecule has 0 amide bonds. The number of benzene rings is 1. The minimum Gasteiger partial charge on any atom is -0.363 e. The second-order valence-electron chi connectivity index (χ2n) is 3.48. The number of thiazole rings is 1. The van der Waals surface area contributed by atoms with E-state index < -0.39 is 6.04 Å². The second kappa shape index (κ2) is 4.93. The van der Waals surface area contributed by atoms with Crippen molar-refractivity contribution in [3.05, 3.63) is 46.2 Å². The van der Waals surface area contributed by atoms with Crippen LogP contribution >= 0.6 is 11.3 Å². The molecule has 0 spiro atoms. The number of aryl methyl sites for hydroxylation is 1. The van der Waals surface area contributed by atoms with Crippen molar-refractivity contribution in [2.45, 2.75) is 13.0 Å². The van der Waals surface area contributed by atoms with Crippen molar-refractivity contribution in [1.82, 2.24) is 4.98 Å². The lowest BCUT2D eigenvalue weighted by Gasteiger charge is -2.11. The van der Waals surface area contributed by atoms with Crippen LogP contribution in [0, 0.1) is 24.1 Å². The molecule has 1 N–H and O–H groups in total. The summed E-state index contributed by atoms with van der Waals surface area (Å²) in [7, 11) is 0. The van der Waals surface area contributed by atoms with Gasteiger partial charge in [-0.3, -0.25) is 0 Å². The number of halogens is 1. The van der Waals surface area contributed by atoms with Crippen LogP contribution in [0.4, 0.5) is 10.1 Å². The molecule has 2 rings (SSSR count). The van der Waals surface area contributed by atoms with Crippen LogP contribution in [0.2, 0.25) is 0 Å². The third kappa shape index (κ3) is 2.60. The van der Waals surface area contributed by atoms with Crippen LogP contribution in [0.15, 0.2) is 29.6 Å². The molecule has 3 nitrogen and oxygen atoms in total. The lowest BCUT2D eigenvalue weighted by molar-refractivity contribution is 0.629. The maximum Gasteiger partial charge on any atom is 0.158 e. The first-order valence-electron chi connectivity index (χ1n) is 5.03. The largest absolute Gasteiger partial charge is 0.363 e. The first-order chi connectivity index (χ1) is 8.20. The maximum absolute atomic E-state index is 13.4. The molecular formula is C12H10FN3S. The van der Waals surface area contributed by atoms with E-state index in [1.165, 1.54) is 17.4 Å². The predicted octanol–water partition coefficient (Wildman–Crippen LogP) is 3.27. The van der Waals surface area contributed by atoms with Crippen molar-refractivity contribution in [2.24, 2.45) is 0 Å². The number of aromatic nitrogens is 1. The fourth-order valence-corrected chi connectivity index (χ4v) is 2.06. The molecule has 0 saturated heterocycles. The van der Waals surface area contributed by atoms with E-state index in [9.17, 15) is 4.39 Å². The normalized spacial score (nSPS) is 11.8. The topological polar surface area (TPSA) is 48.7 Å². The van der Waals surface area contributed by atoms with Crippen molar-refractivity contribution in [2.75, 3.05) is 5.32 Å². The van der Waals surface area contributed by atoms with E-state index in [-0.39, 0.29) is 5.82 Å². The van der Waals surface area contributed by atoms with Crippen LogP contribution in [-0.4, -0.2) is 4.98 Å². The van der Waals surface area contributed by atoms with Crippen LogP contribution in [0.1, 0.15) is 16.7 Å². The molecule has 0 bridgehead atoms. The molecule has 2 aromatic rings. The zero-order valence-electron chi connectivity index (χ0n) is 9.14. The number of nitrogens with one attached hydrogen (secondary N) is 1. The van der Waals surface area contributed by atoms with Gasteiger partial charge in [0.05, 0.1) is 22.5 Å². The minimum atomic E-state index is -0.628. The van der Waals surface area contributed by atoms with E-state index in [0.29, 0.717) is 11.4 Å². The number of rotatable bonds is 3. The Labute approximate surface area is 103 Å². The summed E-state index contributed by atoms with van der Waals surface area (Å²) < 4.78 is 13.4. The first kappa shape index (κ1) is 11.6. The molecule has 0 radical (unpaired) electrons. The zero-order chi connectivity index (χ0) is 12.3. The molecule has 0 saturated carbocycles. The highest BCUT2D eigenvalue weighted by Crippen LogP contribution is 2.22. The standard InChI is InChI=1S/C12H10FN3S/c1-8-15-12(7-17-8)11(6-14)16-10-5-3-2-4-9(10)13/h2-5,7,11,16H,1H3. The lowest BCUT2D eigenvalue weighted by atomic mass is 10.2. The Balaban J connectivity index is 2.22. The monoisotopic (exact) mass is 247 g/mol. The van der Waals surface area contributed by atoms with E-state index in [4.69, 9.17) is 5.26 Å². The van der Waals surface area contributed by atoms with E-state index in [1.54, 1.807) is 23.6 Å². The van der Waals surface area contributed by atoms with Gasteiger partial charge in [0.25, 0.3) is 0 Å². The summed E-state index contributed by atoms with van der Waals surface area (Å²) >= 11 is 1.47. The summed E-state index contributed by atoms with van der Waals surface area (Å²) in [6, 6.07) is 7.71. The summed E-state index contributed by atoms with van der Waals surface area (Å²) in [5, 5.41) is 14.6. The summed E-state index contributed by atoms with van der Waals surface area (Å²) in [4.78, 5) is 4.22. The molecule has 0 aliphatic rings. The molecule has 1 unspecified atom stereocenters. The lowest BCUT2D eigenvalue weighted by Crippen LogP contribution is -2.10. The average molecular weight is 247 g/mol. The van der Waals surface area contributed by atoms with Gasteiger partial charge in [0, 0.05) is 5.38 Å². The maximum atomic E-state index is 13.4. The molecular weight excluding hydrogens is 237 g/mol. The fraction of sp³-hybridized carbons (Fsp3) is 0.167. The Morgan fingerprint density at radius 3 is 2.82 bits per heavy atom. The van der Waals surface area contributed by atoms with E-state index in [1.807, 2.05) is 6.92 Å². The Morgan fingerprint density at radius 2 is 2.24 bits per heavy atom. The van der Waals surface area contributed by atoms with Crippen LogP contribution in [0.5, 0.6) is 0 Å². The van der Waals surface area contributed by atoms with Gasteiger partial charge in [-0.2, -0.15) is 5.26 Å². The highest BCUT2D eigenvalue weighted by Gasteiger charge is 2.14. The van der Waals surface area contributed by atoms with Crippen LogP contribution in [-0.2, 0) is 0 Å². The van der Waals surface area contributed by atoms with Gasteiger partial charge in [-0.1, -0.05) is 12.1 Å². The molecule has 0 fully saturated rings. The third-order valence-corrected chi connectivity index (χ3v) is 3.03. The quantitative estimate of drug-likeness (QED) is 0.905. The third-order valence-electron chi connectivity index (χ3n) is 2.24. The molecule has 0 aliphatic heterocycles. The van der Waals surface area contributed by atoms with Crippen molar-refractivity contribution >= 4 is 17.0 Å². The van der Waals surface area contributed by atoms with Crippen molar-refractivity contribution in [3.63, 3.8) is 0 Å². The van der Waals surface area contributed by atoms with Crippen LogP contribution < -0.4 is 5.32 Å². The number of nitrogens with zero attached hydrogens (tertiary/aromatic N) is 2. The van der Waals surface area contributed by atoms with Gasteiger partial charge < -0.3 is 5.32 Å². The molecule has 1 aromatic carbocycles. The number of hydrogen-bond donors (Lipinski definition) is 1. The number of para-hydroxylation sites is 1. The second-order valence-corrected chi connectivity index (χ2v) is 4.54.